The van der Waals surface area contributed by atoms with E-state index in [0.29, 0.717) is 6.10 Å². The van der Waals surface area contributed by atoms with Crippen LogP contribution in [0.15, 0.2) is 36.4 Å². The Morgan fingerprint density at radius 3 is 2.58 bits per heavy atom. The van der Waals surface area contributed by atoms with Crippen LogP contribution < -0.4 is 10.5 Å². The molecule has 0 bridgehead atoms. The summed E-state index contributed by atoms with van der Waals surface area (Å²) in [6, 6.07) is 12.6. The summed E-state index contributed by atoms with van der Waals surface area (Å²) in [6.07, 6.45) is 5.26. The van der Waals surface area contributed by atoms with Gasteiger partial charge in [0.25, 0.3) is 0 Å². The standard InChI is InChI=1S/C17H21NO/c1-12(18)15-11-10-13-6-2-5-9-16(13)17(15)19-14-7-3-4-8-14/h2,5-6,9-12,14H,3-4,7-8,18H2,1H3/t12-/m0/s1. The first-order valence-corrected chi connectivity index (χ1v) is 7.19. The smallest absolute Gasteiger partial charge is 0.132 e. The van der Waals surface area contributed by atoms with Gasteiger partial charge >= 0.3 is 0 Å². The van der Waals surface area contributed by atoms with Gasteiger partial charge in [0.1, 0.15) is 5.75 Å². The van der Waals surface area contributed by atoms with Gasteiger partial charge in [0.2, 0.25) is 0 Å². The topological polar surface area (TPSA) is 35.2 Å². The van der Waals surface area contributed by atoms with Crippen LogP contribution in [0.3, 0.4) is 0 Å². The van der Waals surface area contributed by atoms with Crippen LogP contribution in [0.4, 0.5) is 0 Å². The van der Waals surface area contributed by atoms with Crippen LogP contribution in [0, 0.1) is 0 Å². The second kappa shape index (κ2) is 5.22. The lowest BCUT2D eigenvalue weighted by molar-refractivity contribution is 0.210. The van der Waals surface area contributed by atoms with Crippen molar-refractivity contribution in [2.45, 2.75) is 44.8 Å². The fourth-order valence-corrected chi connectivity index (χ4v) is 2.92. The van der Waals surface area contributed by atoms with Gasteiger partial charge in [0.15, 0.2) is 0 Å². The maximum absolute atomic E-state index is 6.30. The minimum absolute atomic E-state index is 0.000934. The second-order valence-electron chi connectivity index (χ2n) is 5.52. The molecule has 100 valence electrons. The fraction of sp³-hybridized carbons (Fsp3) is 0.412. The van der Waals surface area contributed by atoms with E-state index < -0.39 is 0 Å². The number of nitrogens with two attached hydrogens (primary N) is 1. The molecule has 19 heavy (non-hydrogen) atoms. The molecule has 2 N–H and O–H groups in total. The molecule has 0 aliphatic heterocycles. The molecule has 2 heteroatoms. The zero-order valence-electron chi connectivity index (χ0n) is 11.4. The Balaban J connectivity index is 2.08. The zero-order chi connectivity index (χ0) is 13.2. The van der Waals surface area contributed by atoms with Crippen LogP contribution in [0.5, 0.6) is 5.75 Å². The quantitative estimate of drug-likeness (QED) is 0.893. The van der Waals surface area contributed by atoms with E-state index in [9.17, 15) is 0 Å². The van der Waals surface area contributed by atoms with Crippen molar-refractivity contribution in [1.29, 1.82) is 0 Å². The third kappa shape index (κ3) is 2.45. The predicted molar refractivity (Wildman–Crippen MR) is 79.4 cm³/mol. The number of benzene rings is 2. The maximum atomic E-state index is 6.30. The summed E-state index contributed by atoms with van der Waals surface area (Å²) in [7, 11) is 0. The van der Waals surface area contributed by atoms with Crippen molar-refractivity contribution < 1.29 is 4.74 Å². The molecule has 3 rings (SSSR count). The molecule has 0 aromatic heterocycles. The average molecular weight is 255 g/mol. The zero-order valence-corrected chi connectivity index (χ0v) is 11.4. The van der Waals surface area contributed by atoms with Gasteiger partial charge in [0.05, 0.1) is 6.10 Å². The van der Waals surface area contributed by atoms with Gasteiger partial charge in [-0.3, -0.25) is 0 Å². The Kier molecular flexibility index (Phi) is 3.43. The molecule has 1 aliphatic rings. The molecular formula is C17H21NO. The van der Waals surface area contributed by atoms with E-state index in [1.807, 2.05) is 6.92 Å². The van der Waals surface area contributed by atoms with Gasteiger partial charge in [-0.25, -0.2) is 0 Å². The van der Waals surface area contributed by atoms with Crippen molar-refractivity contribution in [3.63, 3.8) is 0 Å². The highest BCUT2D eigenvalue weighted by Crippen LogP contribution is 2.35. The normalized spacial score (nSPS) is 17.8. The number of hydrogen-bond acceptors (Lipinski definition) is 2. The first-order chi connectivity index (χ1) is 9.25. The van der Waals surface area contributed by atoms with E-state index >= 15 is 0 Å². The lowest BCUT2D eigenvalue weighted by Crippen LogP contribution is -2.15. The summed E-state index contributed by atoms with van der Waals surface area (Å²) >= 11 is 0. The van der Waals surface area contributed by atoms with Crippen LogP contribution >= 0.6 is 0 Å². The Hall–Kier alpha value is -1.54. The van der Waals surface area contributed by atoms with Gasteiger partial charge in [-0.15, -0.1) is 0 Å². The van der Waals surface area contributed by atoms with E-state index in [4.69, 9.17) is 10.5 Å². The Morgan fingerprint density at radius 2 is 1.84 bits per heavy atom. The first kappa shape index (κ1) is 12.5. The molecule has 0 saturated heterocycles. The summed E-state index contributed by atoms with van der Waals surface area (Å²) in [5.41, 5.74) is 7.22. The highest BCUT2D eigenvalue weighted by atomic mass is 16.5. The number of rotatable bonds is 3. The fourth-order valence-electron chi connectivity index (χ4n) is 2.92. The molecular weight excluding hydrogens is 234 g/mol. The van der Waals surface area contributed by atoms with Crippen molar-refractivity contribution >= 4 is 10.8 Å². The van der Waals surface area contributed by atoms with Crippen molar-refractivity contribution in [3.05, 3.63) is 42.0 Å². The third-order valence-corrected chi connectivity index (χ3v) is 3.99. The van der Waals surface area contributed by atoms with Gasteiger partial charge in [0, 0.05) is 17.0 Å². The van der Waals surface area contributed by atoms with Gasteiger partial charge < -0.3 is 10.5 Å². The number of hydrogen-bond donors (Lipinski definition) is 1. The second-order valence-corrected chi connectivity index (χ2v) is 5.52. The SMILES string of the molecule is C[C@H](N)c1ccc2ccccc2c1OC1CCCC1. The summed E-state index contributed by atoms with van der Waals surface area (Å²) < 4.78 is 6.30. The highest BCUT2D eigenvalue weighted by Gasteiger charge is 2.20. The highest BCUT2D eigenvalue weighted by molar-refractivity contribution is 5.89. The van der Waals surface area contributed by atoms with Crippen molar-refractivity contribution in [3.8, 4) is 5.75 Å². The first-order valence-electron chi connectivity index (χ1n) is 7.19. The summed E-state index contributed by atoms with van der Waals surface area (Å²) in [5, 5.41) is 2.41. The molecule has 0 spiro atoms. The van der Waals surface area contributed by atoms with E-state index in [-0.39, 0.29) is 6.04 Å². The molecule has 2 nitrogen and oxygen atoms in total. The lowest BCUT2D eigenvalue weighted by Gasteiger charge is -2.20. The van der Waals surface area contributed by atoms with Crippen LogP contribution in [0.2, 0.25) is 0 Å². The predicted octanol–water partition coefficient (Wildman–Crippen LogP) is 4.18. The lowest BCUT2D eigenvalue weighted by atomic mass is 10.0. The van der Waals surface area contributed by atoms with Crippen LogP contribution in [-0.4, -0.2) is 6.10 Å². The van der Waals surface area contributed by atoms with Crippen molar-refractivity contribution in [2.24, 2.45) is 5.73 Å². The van der Waals surface area contributed by atoms with Crippen LogP contribution in [-0.2, 0) is 0 Å². The monoisotopic (exact) mass is 255 g/mol. The molecule has 0 amide bonds. The summed E-state index contributed by atoms with van der Waals surface area (Å²) in [6.45, 7) is 2.02. The Bertz CT molecular complexity index is 570. The minimum Gasteiger partial charge on any atom is -0.489 e. The van der Waals surface area contributed by atoms with E-state index in [0.717, 1.165) is 11.3 Å². The summed E-state index contributed by atoms with van der Waals surface area (Å²) in [4.78, 5) is 0. The minimum atomic E-state index is 0.000934. The molecule has 2 aromatic carbocycles. The molecule has 1 atom stereocenters. The van der Waals surface area contributed by atoms with Gasteiger partial charge in [-0.2, -0.15) is 0 Å². The molecule has 1 saturated carbocycles. The Labute approximate surface area is 114 Å². The average Bonchev–Trinajstić information content (AvgIpc) is 2.92. The van der Waals surface area contributed by atoms with Gasteiger partial charge in [-0.1, -0.05) is 36.4 Å². The largest absolute Gasteiger partial charge is 0.489 e. The maximum Gasteiger partial charge on any atom is 0.132 e. The molecule has 0 radical (unpaired) electrons. The van der Waals surface area contributed by atoms with E-state index in [2.05, 4.69) is 36.4 Å². The van der Waals surface area contributed by atoms with Gasteiger partial charge in [-0.05, 0) is 38.0 Å². The molecule has 1 aliphatic carbocycles. The molecule has 0 unspecified atom stereocenters. The third-order valence-electron chi connectivity index (χ3n) is 3.99. The molecule has 0 heterocycles. The summed E-state index contributed by atoms with van der Waals surface area (Å²) in [5.74, 6) is 1.00. The van der Waals surface area contributed by atoms with Crippen LogP contribution in [0.25, 0.3) is 10.8 Å². The van der Waals surface area contributed by atoms with E-state index in [1.54, 1.807) is 0 Å². The molecule has 2 aromatic rings. The number of fused-ring (bicyclic) bond motifs is 1. The molecule has 1 fully saturated rings. The van der Waals surface area contributed by atoms with Crippen LogP contribution in [0.1, 0.15) is 44.2 Å². The number of ether oxygens (including phenoxy) is 1. The Morgan fingerprint density at radius 1 is 1.11 bits per heavy atom. The van der Waals surface area contributed by atoms with E-state index in [1.165, 1.54) is 36.5 Å². The van der Waals surface area contributed by atoms with Crippen molar-refractivity contribution in [1.82, 2.24) is 0 Å². The van der Waals surface area contributed by atoms with Crippen molar-refractivity contribution in [2.75, 3.05) is 0 Å².